The topological polar surface area (TPSA) is 119 Å². The van der Waals surface area contributed by atoms with Gasteiger partial charge in [0.05, 0.1) is 30.1 Å². The molecule has 0 radical (unpaired) electrons. The number of amides is 2. The van der Waals surface area contributed by atoms with Gasteiger partial charge in [0, 0.05) is 6.26 Å². The summed E-state index contributed by atoms with van der Waals surface area (Å²) < 4.78 is 30.6. The van der Waals surface area contributed by atoms with Gasteiger partial charge in [-0.3, -0.25) is 14.3 Å². The summed E-state index contributed by atoms with van der Waals surface area (Å²) in [7, 11) is -3.50. The lowest BCUT2D eigenvalue weighted by Gasteiger charge is -2.36. The van der Waals surface area contributed by atoms with Crippen LogP contribution in [0.15, 0.2) is 18.2 Å². The third-order valence-electron chi connectivity index (χ3n) is 6.88. The molecule has 1 fully saturated rings. The largest absolute Gasteiger partial charge is 0.494 e. The Labute approximate surface area is 199 Å². The predicted molar refractivity (Wildman–Crippen MR) is 127 cm³/mol. The Morgan fingerprint density at radius 1 is 1.35 bits per heavy atom. The highest BCUT2D eigenvalue weighted by molar-refractivity contribution is 7.91. The monoisotopic (exact) mass is 486 g/mol. The van der Waals surface area contributed by atoms with E-state index in [1.54, 1.807) is 4.68 Å². The number of nitrogens with zero attached hydrogens (tertiary/aromatic N) is 2. The first kappa shape index (κ1) is 22.9. The molecule has 1 saturated carbocycles. The van der Waals surface area contributed by atoms with Crippen LogP contribution in [-0.4, -0.2) is 48.6 Å². The zero-order chi connectivity index (χ0) is 24.1. The third kappa shape index (κ3) is 4.43. The average Bonchev–Trinajstić information content (AvgIpc) is 3.44. The number of carbonyl (C=O) groups is 2. The highest BCUT2D eigenvalue weighted by Crippen LogP contribution is 2.43. The molecule has 34 heavy (non-hydrogen) atoms. The number of rotatable bonds is 8. The normalized spacial score (nSPS) is 21.2. The molecule has 182 valence electrons. The molecular weight excluding hydrogens is 456 g/mol. The minimum atomic E-state index is -3.50. The van der Waals surface area contributed by atoms with Crippen molar-refractivity contribution in [3.63, 3.8) is 0 Å². The summed E-state index contributed by atoms with van der Waals surface area (Å²) in [6, 6.07) is 5.99. The van der Waals surface area contributed by atoms with E-state index in [0.717, 1.165) is 42.4 Å². The molecule has 1 atom stereocenters. The van der Waals surface area contributed by atoms with Gasteiger partial charge >= 0.3 is 0 Å². The Balaban J connectivity index is 1.48. The van der Waals surface area contributed by atoms with E-state index in [4.69, 9.17) is 9.84 Å². The molecule has 10 heteroatoms. The highest BCUT2D eigenvalue weighted by Gasteiger charge is 2.46. The minimum Gasteiger partial charge on any atom is -0.494 e. The summed E-state index contributed by atoms with van der Waals surface area (Å²) in [6.45, 7) is 2.99. The van der Waals surface area contributed by atoms with E-state index in [9.17, 15) is 18.0 Å². The zero-order valence-corrected chi connectivity index (χ0v) is 20.3. The van der Waals surface area contributed by atoms with Gasteiger partial charge in [-0.1, -0.05) is 18.9 Å². The van der Waals surface area contributed by atoms with Crippen LogP contribution in [0.4, 0.5) is 5.69 Å². The van der Waals surface area contributed by atoms with Gasteiger partial charge in [0.1, 0.15) is 17.2 Å². The number of fused-ring (bicyclic) bond motifs is 3. The number of benzene rings is 1. The second-order valence-corrected chi connectivity index (χ2v) is 11.9. The quantitative estimate of drug-likeness (QED) is 0.590. The number of aromatic nitrogens is 2. The number of aryl methyl sites for hydroxylation is 2. The maximum Gasteiger partial charge on any atom is 0.272 e. The van der Waals surface area contributed by atoms with Crippen molar-refractivity contribution in [2.24, 2.45) is 5.92 Å². The first-order valence-electron chi connectivity index (χ1n) is 11.8. The summed E-state index contributed by atoms with van der Waals surface area (Å²) in [5, 5.41) is 10.6. The van der Waals surface area contributed by atoms with Crippen molar-refractivity contribution in [2.75, 3.05) is 23.9 Å². The Morgan fingerprint density at radius 3 is 2.85 bits per heavy atom. The fraction of sp³-hybridized carbons (Fsp3) is 0.542. The summed E-state index contributed by atoms with van der Waals surface area (Å²) in [4.78, 5) is 25.9. The van der Waals surface area contributed by atoms with Gasteiger partial charge in [-0.2, -0.15) is 5.10 Å². The van der Waals surface area contributed by atoms with Crippen LogP contribution < -0.4 is 15.4 Å². The SMILES string of the molecule is CCOc1ccc2c(c1)CC[C@]21Cn2nc(CCC3CC3)c(NC(=O)CS(C)(=O)=O)c2C(=O)N1. The van der Waals surface area contributed by atoms with E-state index in [0.29, 0.717) is 36.9 Å². The fourth-order valence-electron chi connectivity index (χ4n) is 5.17. The molecule has 1 aromatic heterocycles. The summed E-state index contributed by atoms with van der Waals surface area (Å²) in [5.41, 5.74) is 2.91. The molecule has 2 aliphatic carbocycles. The van der Waals surface area contributed by atoms with Gasteiger partial charge in [0.25, 0.3) is 5.91 Å². The van der Waals surface area contributed by atoms with Crippen LogP contribution in [0.25, 0.3) is 0 Å². The molecule has 5 rings (SSSR count). The van der Waals surface area contributed by atoms with E-state index in [2.05, 4.69) is 10.6 Å². The molecule has 1 aliphatic heterocycles. The summed E-state index contributed by atoms with van der Waals surface area (Å²) >= 11 is 0. The Kier molecular flexibility index (Phi) is 5.66. The van der Waals surface area contributed by atoms with E-state index in [1.807, 2.05) is 25.1 Å². The van der Waals surface area contributed by atoms with Crippen molar-refractivity contribution in [1.29, 1.82) is 0 Å². The van der Waals surface area contributed by atoms with Crippen molar-refractivity contribution >= 4 is 27.3 Å². The molecule has 0 saturated heterocycles. The highest BCUT2D eigenvalue weighted by atomic mass is 32.2. The fourth-order valence-corrected chi connectivity index (χ4v) is 5.72. The van der Waals surface area contributed by atoms with Crippen LogP contribution in [0, 0.1) is 5.92 Å². The van der Waals surface area contributed by atoms with Crippen LogP contribution >= 0.6 is 0 Å². The summed E-state index contributed by atoms with van der Waals surface area (Å²) in [6.07, 6.45) is 6.52. The molecule has 2 aromatic rings. The van der Waals surface area contributed by atoms with Crippen LogP contribution in [0.3, 0.4) is 0 Å². The molecule has 3 aliphatic rings. The van der Waals surface area contributed by atoms with Crippen molar-refractivity contribution in [2.45, 2.75) is 57.5 Å². The van der Waals surface area contributed by atoms with Crippen LogP contribution in [0.2, 0.25) is 0 Å². The maximum atomic E-state index is 13.4. The van der Waals surface area contributed by atoms with Crippen molar-refractivity contribution in [3.8, 4) is 5.75 Å². The molecular formula is C24H30N4O5S. The number of hydrogen-bond acceptors (Lipinski definition) is 6. The zero-order valence-electron chi connectivity index (χ0n) is 19.5. The minimum absolute atomic E-state index is 0.289. The molecule has 9 nitrogen and oxygen atoms in total. The van der Waals surface area contributed by atoms with Crippen LogP contribution in [0.5, 0.6) is 5.75 Å². The van der Waals surface area contributed by atoms with Crippen LogP contribution in [-0.2, 0) is 39.6 Å². The number of sulfone groups is 1. The van der Waals surface area contributed by atoms with Crippen molar-refractivity contribution in [1.82, 2.24) is 15.1 Å². The van der Waals surface area contributed by atoms with Gasteiger partial charge in [-0.15, -0.1) is 0 Å². The van der Waals surface area contributed by atoms with Gasteiger partial charge in [0.2, 0.25) is 5.91 Å². The Bertz CT molecular complexity index is 1260. The van der Waals surface area contributed by atoms with E-state index < -0.39 is 27.0 Å². The van der Waals surface area contributed by atoms with Gasteiger partial charge in [-0.25, -0.2) is 8.42 Å². The Morgan fingerprint density at radius 2 is 2.15 bits per heavy atom. The lowest BCUT2D eigenvalue weighted by Crippen LogP contribution is -2.52. The number of nitrogens with one attached hydrogen (secondary N) is 2. The van der Waals surface area contributed by atoms with Crippen molar-refractivity contribution in [3.05, 3.63) is 40.7 Å². The predicted octanol–water partition coefficient (Wildman–Crippen LogP) is 2.19. The molecule has 1 spiro atoms. The molecule has 0 unspecified atom stereocenters. The van der Waals surface area contributed by atoms with E-state index >= 15 is 0 Å². The van der Waals surface area contributed by atoms with E-state index in [1.165, 1.54) is 12.8 Å². The summed E-state index contributed by atoms with van der Waals surface area (Å²) in [5.74, 6) is -0.138. The molecule has 2 N–H and O–H groups in total. The second kappa shape index (κ2) is 8.41. The van der Waals surface area contributed by atoms with E-state index in [-0.39, 0.29) is 11.6 Å². The Hall–Kier alpha value is -2.88. The number of carbonyl (C=O) groups excluding carboxylic acids is 2. The van der Waals surface area contributed by atoms with Gasteiger partial charge < -0.3 is 15.4 Å². The number of hydrogen-bond donors (Lipinski definition) is 2. The van der Waals surface area contributed by atoms with Crippen molar-refractivity contribution < 1.29 is 22.7 Å². The third-order valence-corrected chi connectivity index (χ3v) is 7.67. The van der Waals surface area contributed by atoms with Gasteiger partial charge in [0.15, 0.2) is 9.84 Å². The second-order valence-electron chi connectivity index (χ2n) is 9.72. The molecule has 0 bridgehead atoms. The lowest BCUT2D eigenvalue weighted by atomic mass is 9.89. The number of ether oxygens (including phenoxy) is 1. The first-order valence-corrected chi connectivity index (χ1v) is 13.9. The maximum absolute atomic E-state index is 13.4. The average molecular weight is 487 g/mol. The molecule has 2 amide bonds. The standard InChI is InChI=1S/C24H30N4O5S/c1-3-33-17-7-8-18-16(12-17)10-11-24(18)14-28-22(23(30)26-24)21(25-20(29)13-34(2,31)32)19(27-28)9-6-15-4-5-15/h7-8,12,15H,3-6,9-11,13-14H2,1-2H3,(H,25,29)(H,26,30)/t24-/m0/s1. The van der Waals surface area contributed by atoms with Crippen LogP contribution in [0.1, 0.15) is 59.9 Å². The number of anilines is 1. The smallest absolute Gasteiger partial charge is 0.272 e. The first-order chi connectivity index (χ1) is 16.2. The molecule has 1 aromatic carbocycles. The van der Waals surface area contributed by atoms with Gasteiger partial charge in [-0.05, 0) is 61.8 Å². The molecule has 2 heterocycles. The lowest BCUT2D eigenvalue weighted by molar-refractivity contribution is -0.113.